The number of aryl methyl sites for hydroxylation is 1. The molecule has 14 heteroatoms. The summed E-state index contributed by atoms with van der Waals surface area (Å²) in [5.41, 5.74) is -3.33. The summed E-state index contributed by atoms with van der Waals surface area (Å²) in [4.78, 5) is 32.8. The summed E-state index contributed by atoms with van der Waals surface area (Å²) >= 11 is 6.32. The number of nitrogens with one attached hydrogen (secondary N) is 1. The maximum Gasteiger partial charge on any atom is 0.278 e. The molecular formula is C28H23ClF4N6O3. The summed E-state index contributed by atoms with van der Waals surface area (Å²) in [5, 5.41) is 6.02. The fraction of sp³-hybridized carbons (Fsp3) is 0.250. The van der Waals surface area contributed by atoms with E-state index in [4.69, 9.17) is 19.1 Å². The van der Waals surface area contributed by atoms with Crippen LogP contribution in [0.2, 0.25) is 5.02 Å². The van der Waals surface area contributed by atoms with Crippen LogP contribution in [0, 0.1) is 23.3 Å². The third-order valence-corrected chi connectivity index (χ3v) is 6.66. The van der Waals surface area contributed by atoms with Crippen molar-refractivity contribution < 1.29 is 29.8 Å². The zero-order valence-corrected chi connectivity index (χ0v) is 23.1. The molecule has 218 valence electrons. The van der Waals surface area contributed by atoms with Crippen LogP contribution in [-0.4, -0.2) is 30.2 Å². The van der Waals surface area contributed by atoms with Gasteiger partial charge >= 0.3 is 0 Å². The van der Waals surface area contributed by atoms with Crippen molar-refractivity contribution in [3.8, 4) is 17.3 Å². The molecule has 5 rings (SSSR count). The molecule has 1 aliphatic rings. The lowest BCUT2D eigenvalue weighted by atomic mass is 10.0. The molecule has 0 fully saturated rings. The van der Waals surface area contributed by atoms with Gasteiger partial charge in [-0.2, -0.15) is 5.10 Å². The molecule has 5 heterocycles. The maximum absolute atomic E-state index is 16.3. The quantitative estimate of drug-likeness (QED) is 0.313. The Morgan fingerprint density at radius 2 is 1.95 bits per heavy atom. The average molecular weight is 605 g/mol. The number of ether oxygens (including phenoxy) is 1. The molecule has 0 aliphatic carbocycles. The van der Waals surface area contributed by atoms with E-state index in [9.17, 15) is 22.8 Å². The van der Waals surface area contributed by atoms with Crippen LogP contribution < -0.4 is 15.6 Å². The highest BCUT2D eigenvalue weighted by molar-refractivity contribution is 6.31. The van der Waals surface area contributed by atoms with Crippen LogP contribution in [0.25, 0.3) is 17.6 Å². The van der Waals surface area contributed by atoms with Gasteiger partial charge in [-0.1, -0.05) is 23.8 Å². The van der Waals surface area contributed by atoms with Crippen molar-refractivity contribution in [2.24, 2.45) is 0 Å². The van der Waals surface area contributed by atoms with E-state index in [0.29, 0.717) is 18.7 Å². The highest BCUT2D eigenvalue weighted by Gasteiger charge is 2.31. The molecule has 0 saturated carbocycles. The van der Waals surface area contributed by atoms with Gasteiger partial charge < -0.3 is 10.1 Å². The van der Waals surface area contributed by atoms with E-state index in [0.717, 1.165) is 15.4 Å². The Morgan fingerprint density at radius 3 is 2.67 bits per heavy atom. The number of carbonyl (C=O) groups excluding carboxylic acids is 1. The molecule has 0 atom stereocenters. The molecule has 9 nitrogen and oxygen atoms in total. The Kier molecular flexibility index (Phi) is 6.94. The van der Waals surface area contributed by atoms with Gasteiger partial charge in [0.2, 0.25) is 5.91 Å². The fourth-order valence-electron chi connectivity index (χ4n) is 4.53. The molecule has 0 unspecified atom stereocenters. The Morgan fingerprint density at radius 1 is 1.19 bits per heavy atom. The molecule has 0 radical (unpaired) electrons. The van der Waals surface area contributed by atoms with E-state index in [2.05, 4.69) is 20.4 Å². The minimum absolute atomic E-state index is 0.132. The molecule has 0 saturated heterocycles. The summed E-state index contributed by atoms with van der Waals surface area (Å²) in [6, 6.07) is 1.63. The van der Waals surface area contributed by atoms with Crippen molar-refractivity contribution in [2.45, 2.75) is 45.7 Å². The first-order valence-corrected chi connectivity index (χ1v) is 12.8. The number of hydrogen-bond acceptors (Lipinski definition) is 6. The number of aromatic nitrogens is 5. The number of amides is 1. The predicted octanol–water partition coefficient (Wildman–Crippen LogP) is 4.93. The monoisotopic (exact) mass is 604 g/mol. The van der Waals surface area contributed by atoms with Gasteiger partial charge in [0.1, 0.15) is 34.5 Å². The number of nitrogens with zero attached hydrogens (tertiary/aromatic N) is 5. The molecule has 4 aromatic rings. The second kappa shape index (κ2) is 11.0. The fourth-order valence-corrected chi connectivity index (χ4v) is 4.70. The molecule has 0 spiro atoms. The third-order valence-electron chi connectivity index (χ3n) is 6.32. The smallest absolute Gasteiger partial charge is 0.278 e. The summed E-state index contributed by atoms with van der Waals surface area (Å²) in [6.07, 6.45) is 6.46. The minimum Gasteiger partial charge on any atom is -0.485 e. The third kappa shape index (κ3) is 5.39. The maximum atomic E-state index is 16.3. The number of pyridine rings is 3. The van der Waals surface area contributed by atoms with Gasteiger partial charge in [-0.15, -0.1) is 0 Å². The Labute approximate surface area is 244 Å². The van der Waals surface area contributed by atoms with Gasteiger partial charge in [0, 0.05) is 36.5 Å². The number of fused-ring (bicyclic) bond motifs is 3. The second-order valence-corrected chi connectivity index (χ2v) is 10.2. The first kappa shape index (κ1) is 26.4. The van der Waals surface area contributed by atoms with Crippen molar-refractivity contribution in [2.75, 3.05) is 0 Å². The van der Waals surface area contributed by atoms with Crippen molar-refractivity contribution >= 4 is 23.6 Å². The second-order valence-electron chi connectivity index (χ2n) is 9.86. The largest absolute Gasteiger partial charge is 0.485 e. The number of allylic oxidation sites excluding steroid dienone is 1. The lowest BCUT2D eigenvalue weighted by Gasteiger charge is -2.23. The number of hydrogen-bond donors (Lipinski definition) is 1. The standard InChI is InChI=1S/C28H23ClF4N6O3/c1-14(40)36-28(2,3)25-19(32)12-38(37-25)26-23(33)24-15(10-35-26)6-4-5-7-17-9-21(22(29)27(41)39(17)24)42-13-20-18(31)8-16(30)11-34-20/h4,6,8-12H,5,7,13H2,1-3H3,(H,36,40)/b6-4-/i13D2. The van der Waals surface area contributed by atoms with Crippen LogP contribution in [0.4, 0.5) is 17.6 Å². The average Bonchev–Trinajstić information content (AvgIpc) is 3.30. The highest BCUT2D eigenvalue weighted by atomic mass is 35.5. The van der Waals surface area contributed by atoms with E-state index in [1.54, 1.807) is 12.2 Å². The van der Waals surface area contributed by atoms with Gasteiger partial charge in [0.25, 0.3) is 5.56 Å². The van der Waals surface area contributed by atoms with Crippen LogP contribution in [0.15, 0.2) is 41.6 Å². The number of halogens is 5. The first-order valence-electron chi connectivity index (χ1n) is 13.5. The Balaban J connectivity index is 1.64. The summed E-state index contributed by atoms with van der Waals surface area (Å²) in [5.74, 6) is -5.67. The molecule has 1 amide bonds. The summed E-state index contributed by atoms with van der Waals surface area (Å²) in [6.45, 7) is 1.30. The molecule has 0 aromatic carbocycles. The van der Waals surface area contributed by atoms with E-state index in [1.807, 2.05) is 0 Å². The molecule has 1 aliphatic heterocycles. The van der Waals surface area contributed by atoms with Crippen LogP contribution in [0.5, 0.6) is 5.75 Å². The molecular weight excluding hydrogens is 580 g/mol. The molecule has 0 bridgehead atoms. The van der Waals surface area contributed by atoms with E-state index in [-0.39, 0.29) is 29.1 Å². The van der Waals surface area contributed by atoms with Crippen molar-refractivity contribution in [3.63, 3.8) is 0 Å². The van der Waals surface area contributed by atoms with E-state index < -0.39 is 69.1 Å². The normalized spacial score (nSPS) is 14.6. The van der Waals surface area contributed by atoms with Gasteiger partial charge in [-0.3, -0.25) is 19.1 Å². The van der Waals surface area contributed by atoms with Crippen molar-refractivity contribution in [1.29, 1.82) is 0 Å². The van der Waals surface area contributed by atoms with Crippen LogP contribution in [0.1, 0.15) is 52.6 Å². The van der Waals surface area contributed by atoms with Crippen LogP contribution >= 0.6 is 11.6 Å². The zero-order valence-electron chi connectivity index (χ0n) is 24.3. The van der Waals surface area contributed by atoms with Gasteiger partial charge in [-0.05, 0) is 26.7 Å². The predicted molar refractivity (Wildman–Crippen MR) is 145 cm³/mol. The molecule has 4 aromatic heterocycles. The molecule has 42 heavy (non-hydrogen) atoms. The molecule has 1 N–H and O–H groups in total. The zero-order chi connectivity index (χ0) is 32.1. The first-order chi connectivity index (χ1) is 20.6. The SMILES string of the molecule is [2H]C([2H])(Oc1cc2n(c(=O)c1Cl)-c1c(cnc(-n3cc(F)c(C(C)(C)NC(C)=O)n3)c1F)/C=C\CC2)c1ncc(F)cc1F. The topological polar surface area (TPSA) is 104 Å². The Hall–Kier alpha value is -4.52. The van der Waals surface area contributed by atoms with E-state index >= 15 is 4.39 Å². The van der Waals surface area contributed by atoms with Crippen molar-refractivity contribution in [1.82, 2.24) is 29.6 Å². The van der Waals surface area contributed by atoms with Gasteiger partial charge in [-0.25, -0.2) is 27.2 Å². The highest BCUT2D eigenvalue weighted by Crippen LogP contribution is 2.31. The lowest BCUT2D eigenvalue weighted by Crippen LogP contribution is -2.40. The minimum atomic E-state index is -2.98. The van der Waals surface area contributed by atoms with E-state index in [1.165, 1.54) is 33.0 Å². The lowest BCUT2D eigenvalue weighted by molar-refractivity contribution is -0.120. The summed E-state index contributed by atoms with van der Waals surface area (Å²) < 4.78 is 82.4. The van der Waals surface area contributed by atoms with Gasteiger partial charge in [0.05, 0.1) is 26.4 Å². The van der Waals surface area contributed by atoms with Gasteiger partial charge in [0.15, 0.2) is 23.3 Å². The van der Waals surface area contributed by atoms with Crippen molar-refractivity contribution in [3.05, 3.63) is 98.1 Å². The van der Waals surface area contributed by atoms with Crippen LogP contribution in [0.3, 0.4) is 0 Å². The summed E-state index contributed by atoms with van der Waals surface area (Å²) in [7, 11) is 0. The van der Waals surface area contributed by atoms with Crippen LogP contribution in [-0.2, 0) is 23.3 Å². The number of carbonyl (C=O) groups is 1. The Bertz CT molecular complexity index is 1910. The number of rotatable bonds is 6.